The molecule has 0 saturated carbocycles. The van der Waals surface area contributed by atoms with Crippen LogP contribution >= 0.6 is 11.8 Å². The fraction of sp³-hybridized carbons (Fsp3) is 0.238. The maximum absolute atomic E-state index is 12.4. The van der Waals surface area contributed by atoms with Gasteiger partial charge in [-0.3, -0.25) is 4.79 Å². The molecule has 7 nitrogen and oxygen atoms in total. The molecule has 1 aliphatic rings. The van der Waals surface area contributed by atoms with Crippen LogP contribution in [-0.2, 0) is 4.79 Å². The summed E-state index contributed by atoms with van der Waals surface area (Å²) in [4.78, 5) is 17.1. The third-order valence-corrected chi connectivity index (χ3v) is 5.42. The van der Waals surface area contributed by atoms with Gasteiger partial charge in [-0.1, -0.05) is 11.8 Å². The van der Waals surface area contributed by atoms with Crippen LogP contribution in [0.15, 0.2) is 41.4 Å². The van der Waals surface area contributed by atoms with Gasteiger partial charge >= 0.3 is 0 Å². The fourth-order valence-corrected chi connectivity index (χ4v) is 3.93. The lowest BCUT2D eigenvalue weighted by Crippen LogP contribution is -2.14. The maximum Gasteiger partial charge on any atom is 0.234 e. The number of carbonyl (C=O) groups excluding carboxylic acids is 1. The highest BCUT2D eigenvalue weighted by Gasteiger charge is 2.16. The highest BCUT2D eigenvalue weighted by molar-refractivity contribution is 7.99. The first-order valence-corrected chi connectivity index (χ1v) is 9.92. The Hall–Kier alpha value is -3.13. The van der Waals surface area contributed by atoms with Crippen molar-refractivity contribution in [2.24, 2.45) is 0 Å². The van der Waals surface area contributed by atoms with Gasteiger partial charge in [-0.25, -0.2) is 4.98 Å². The van der Waals surface area contributed by atoms with E-state index < -0.39 is 0 Å². The molecule has 0 aliphatic carbocycles. The van der Waals surface area contributed by atoms with Gasteiger partial charge < -0.3 is 24.3 Å². The van der Waals surface area contributed by atoms with Crippen molar-refractivity contribution < 1.29 is 23.7 Å². The van der Waals surface area contributed by atoms with Crippen LogP contribution in [0.5, 0.6) is 23.0 Å². The molecule has 0 spiro atoms. The standard InChI is InChI=1S/C21H20N2O5S/c1-12-8-19(23-21-16(26-3)7-6-15(25-2)20(12)21)29-10-18(24)22-13-4-5-14-17(9-13)28-11-27-14/h4-9H,10-11H2,1-3H3,(H,22,24). The average Bonchev–Trinajstić information content (AvgIpc) is 3.19. The lowest BCUT2D eigenvalue weighted by atomic mass is 10.1. The Morgan fingerprint density at radius 1 is 1.10 bits per heavy atom. The van der Waals surface area contributed by atoms with Gasteiger partial charge in [0.15, 0.2) is 11.5 Å². The van der Waals surface area contributed by atoms with Crippen LogP contribution < -0.4 is 24.3 Å². The van der Waals surface area contributed by atoms with Crippen LogP contribution in [0.3, 0.4) is 0 Å². The zero-order valence-corrected chi connectivity index (χ0v) is 17.1. The van der Waals surface area contributed by atoms with Gasteiger partial charge in [0.05, 0.1) is 25.0 Å². The number of ether oxygens (including phenoxy) is 4. The van der Waals surface area contributed by atoms with Crippen molar-refractivity contribution in [3.05, 3.63) is 42.0 Å². The van der Waals surface area contributed by atoms with E-state index in [-0.39, 0.29) is 18.5 Å². The van der Waals surface area contributed by atoms with Gasteiger partial charge in [0.1, 0.15) is 17.0 Å². The molecule has 0 bridgehead atoms. The molecule has 29 heavy (non-hydrogen) atoms. The van der Waals surface area contributed by atoms with Gasteiger partial charge in [-0.15, -0.1) is 0 Å². The van der Waals surface area contributed by atoms with E-state index >= 15 is 0 Å². The summed E-state index contributed by atoms with van der Waals surface area (Å²) < 4.78 is 21.5. The summed E-state index contributed by atoms with van der Waals surface area (Å²) in [7, 11) is 3.24. The van der Waals surface area contributed by atoms with Crippen molar-refractivity contribution in [1.82, 2.24) is 4.98 Å². The van der Waals surface area contributed by atoms with Crippen molar-refractivity contribution in [3.8, 4) is 23.0 Å². The van der Waals surface area contributed by atoms with Gasteiger partial charge in [-0.2, -0.15) is 0 Å². The number of aryl methyl sites for hydroxylation is 1. The number of methoxy groups -OCH3 is 2. The van der Waals surface area contributed by atoms with Crippen molar-refractivity contribution in [2.75, 3.05) is 32.1 Å². The molecule has 0 unspecified atom stereocenters. The predicted octanol–water partition coefficient (Wildman–Crippen LogP) is 4.02. The van der Waals surface area contributed by atoms with E-state index in [4.69, 9.17) is 18.9 Å². The molecule has 0 saturated heterocycles. The fourth-order valence-electron chi connectivity index (χ4n) is 3.17. The van der Waals surface area contributed by atoms with E-state index in [2.05, 4.69) is 10.3 Å². The molecule has 0 fully saturated rings. The zero-order chi connectivity index (χ0) is 20.4. The Balaban J connectivity index is 1.50. The van der Waals surface area contributed by atoms with Crippen molar-refractivity contribution in [2.45, 2.75) is 11.9 Å². The summed E-state index contributed by atoms with van der Waals surface area (Å²) in [6.45, 7) is 2.19. The number of nitrogens with zero attached hydrogens (tertiary/aromatic N) is 1. The Bertz CT molecular complexity index is 1090. The highest BCUT2D eigenvalue weighted by atomic mass is 32.2. The number of nitrogens with one attached hydrogen (secondary N) is 1. The molecule has 3 aromatic rings. The lowest BCUT2D eigenvalue weighted by Gasteiger charge is -2.13. The van der Waals surface area contributed by atoms with Crippen LogP contribution in [-0.4, -0.2) is 37.7 Å². The molecule has 0 radical (unpaired) electrons. The summed E-state index contributed by atoms with van der Waals surface area (Å²) in [6.07, 6.45) is 0. The summed E-state index contributed by atoms with van der Waals surface area (Å²) in [5.41, 5.74) is 2.38. The number of anilines is 1. The number of hydrogen-bond donors (Lipinski definition) is 1. The molecule has 1 N–H and O–H groups in total. The molecule has 150 valence electrons. The minimum absolute atomic E-state index is 0.133. The van der Waals surface area contributed by atoms with Crippen LogP contribution in [0, 0.1) is 6.92 Å². The highest BCUT2D eigenvalue weighted by Crippen LogP contribution is 2.36. The molecular formula is C21H20N2O5S. The lowest BCUT2D eigenvalue weighted by molar-refractivity contribution is -0.113. The smallest absolute Gasteiger partial charge is 0.234 e. The van der Waals surface area contributed by atoms with Crippen LogP contribution in [0.2, 0.25) is 0 Å². The number of carbonyl (C=O) groups is 1. The van der Waals surface area contributed by atoms with Gasteiger partial charge in [0.2, 0.25) is 12.7 Å². The van der Waals surface area contributed by atoms with Gasteiger partial charge in [0, 0.05) is 17.1 Å². The van der Waals surface area contributed by atoms with E-state index in [9.17, 15) is 4.79 Å². The molecule has 8 heteroatoms. The SMILES string of the molecule is COc1ccc(OC)c2c(C)cc(SCC(=O)Nc3ccc4c(c3)OCO4)nc12. The molecule has 2 heterocycles. The number of amides is 1. The Kier molecular flexibility index (Phi) is 5.35. The third kappa shape index (κ3) is 3.88. The first-order chi connectivity index (χ1) is 14.1. The minimum Gasteiger partial charge on any atom is -0.496 e. The second-order valence-corrected chi connectivity index (χ2v) is 7.37. The molecular weight excluding hydrogens is 392 g/mol. The molecule has 4 rings (SSSR count). The zero-order valence-electron chi connectivity index (χ0n) is 16.3. The first-order valence-electron chi connectivity index (χ1n) is 8.93. The number of benzene rings is 2. The number of aromatic nitrogens is 1. The monoisotopic (exact) mass is 412 g/mol. The number of hydrogen-bond acceptors (Lipinski definition) is 7. The first kappa shape index (κ1) is 19.2. The topological polar surface area (TPSA) is 78.9 Å². The second-order valence-electron chi connectivity index (χ2n) is 6.38. The van der Waals surface area contributed by atoms with Crippen LogP contribution in [0.4, 0.5) is 5.69 Å². The minimum atomic E-state index is -0.133. The number of pyridine rings is 1. The third-order valence-electron chi connectivity index (χ3n) is 4.51. The second kappa shape index (κ2) is 8.08. The van der Waals surface area contributed by atoms with E-state index in [0.717, 1.165) is 21.7 Å². The molecule has 1 amide bonds. The Morgan fingerprint density at radius 3 is 2.66 bits per heavy atom. The number of rotatable bonds is 6. The van der Waals surface area contributed by atoms with Gasteiger partial charge in [-0.05, 0) is 42.8 Å². The van der Waals surface area contributed by atoms with Gasteiger partial charge in [0.25, 0.3) is 0 Å². The molecule has 2 aromatic carbocycles. The largest absolute Gasteiger partial charge is 0.496 e. The summed E-state index contributed by atoms with van der Waals surface area (Å²) in [5.74, 6) is 2.80. The van der Waals surface area contributed by atoms with E-state index in [1.54, 1.807) is 32.4 Å². The van der Waals surface area contributed by atoms with E-state index in [1.807, 2.05) is 25.1 Å². The number of thioether (sulfide) groups is 1. The molecule has 1 aliphatic heterocycles. The molecule has 1 aromatic heterocycles. The summed E-state index contributed by atoms with van der Waals surface area (Å²) in [6, 6.07) is 10.9. The van der Waals surface area contributed by atoms with Crippen LogP contribution in [0.1, 0.15) is 5.56 Å². The Morgan fingerprint density at radius 2 is 1.86 bits per heavy atom. The normalized spacial score (nSPS) is 12.1. The Labute approximate surface area is 172 Å². The summed E-state index contributed by atoms with van der Waals surface area (Å²) in [5, 5.41) is 4.51. The average molecular weight is 412 g/mol. The van der Waals surface area contributed by atoms with Crippen LogP contribution in [0.25, 0.3) is 10.9 Å². The van der Waals surface area contributed by atoms with Crippen molar-refractivity contribution in [3.63, 3.8) is 0 Å². The maximum atomic E-state index is 12.4. The summed E-state index contributed by atoms with van der Waals surface area (Å²) >= 11 is 1.36. The van der Waals surface area contributed by atoms with Crippen molar-refractivity contribution >= 4 is 34.3 Å². The molecule has 0 atom stereocenters. The van der Waals surface area contributed by atoms with E-state index in [1.165, 1.54) is 11.8 Å². The predicted molar refractivity (Wildman–Crippen MR) is 112 cm³/mol. The quantitative estimate of drug-likeness (QED) is 0.613. The number of fused-ring (bicyclic) bond motifs is 2. The van der Waals surface area contributed by atoms with E-state index in [0.29, 0.717) is 28.5 Å². The van der Waals surface area contributed by atoms with Crippen molar-refractivity contribution in [1.29, 1.82) is 0 Å².